The largest absolute Gasteiger partial charge is 0.460 e. The highest BCUT2D eigenvalue weighted by molar-refractivity contribution is 5.69. The summed E-state index contributed by atoms with van der Waals surface area (Å²) in [6, 6.07) is 4.13. The lowest BCUT2D eigenvalue weighted by atomic mass is 9.95. The molecule has 0 spiro atoms. The van der Waals surface area contributed by atoms with Crippen LogP contribution in [0.5, 0.6) is 5.75 Å². The molecule has 0 saturated carbocycles. The molecule has 12 heteroatoms. The molecule has 1 atom stereocenters. The van der Waals surface area contributed by atoms with Crippen LogP contribution in [0, 0.1) is 0 Å². The van der Waals surface area contributed by atoms with Gasteiger partial charge in [0.15, 0.2) is 0 Å². The molecule has 148 valence electrons. The van der Waals surface area contributed by atoms with Crippen molar-refractivity contribution in [3.8, 4) is 5.75 Å². The zero-order chi connectivity index (χ0) is 20.6. The highest BCUT2D eigenvalue weighted by Crippen LogP contribution is 2.55. The van der Waals surface area contributed by atoms with Gasteiger partial charge in [-0.2, -0.15) is 39.5 Å². The van der Waals surface area contributed by atoms with E-state index < -0.39 is 53.8 Å². The summed E-state index contributed by atoms with van der Waals surface area (Å²) in [7, 11) is 0. The highest BCUT2D eigenvalue weighted by Gasteiger charge is 2.81. The Morgan fingerprint density at radius 3 is 1.96 bits per heavy atom. The quantitative estimate of drug-likeness (QED) is 0.436. The Morgan fingerprint density at radius 1 is 1.00 bits per heavy atom. The first-order valence-electron chi connectivity index (χ1n) is 6.70. The van der Waals surface area contributed by atoms with E-state index in [2.05, 4.69) is 4.74 Å². The molecule has 0 bridgehead atoms. The van der Waals surface area contributed by atoms with Crippen molar-refractivity contribution in [3.05, 3.63) is 29.8 Å². The molecule has 1 rings (SSSR count). The van der Waals surface area contributed by atoms with Crippen LogP contribution in [0.4, 0.5) is 39.5 Å². The zero-order valence-corrected chi connectivity index (χ0v) is 12.8. The van der Waals surface area contributed by atoms with Crippen molar-refractivity contribution in [2.24, 2.45) is 0 Å². The summed E-state index contributed by atoms with van der Waals surface area (Å²) >= 11 is 0. The van der Waals surface area contributed by atoms with Crippen molar-refractivity contribution in [3.63, 3.8) is 0 Å². The lowest BCUT2D eigenvalue weighted by Crippen LogP contribution is -2.61. The van der Waals surface area contributed by atoms with Crippen LogP contribution in [-0.4, -0.2) is 35.0 Å². The third-order valence-corrected chi connectivity index (χ3v) is 3.19. The van der Waals surface area contributed by atoms with E-state index >= 15 is 0 Å². The number of rotatable bonds is 6. The van der Waals surface area contributed by atoms with Crippen molar-refractivity contribution < 1.29 is 54.2 Å². The van der Waals surface area contributed by atoms with E-state index in [1.54, 1.807) is 0 Å². The van der Waals surface area contributed by atoms with Crippen molar-refractivity contribution in [2.75, 3.05) is 0 Å². The molecule has 0 radical (unpaired) electrons. The monoisotopic (exact) mass is 398 g/mol. The minimum absolute atomic E-state index is 0.547. The summed E-state index contributed by atoms with van der Waals surface area (Å²) in [5, 5.41) is 9.65. The number of esters is 1. The van der Waals surface area contributed by atoms with Gasteiger partial charge in [0.25, 0.3) is 0 Å². The number of aliphatic hydroxyl groups excluding tert-OH is 1. The van der Waals surface area contributed by atoms with Gasteiger partial charge < -0.3 is 9.84 Å². The van der Waals surface area contributed by atoms with Gasteiger partial charge in [-0.1, -0.05) is 18.2 Å². The second kappa shape index (κ2) is 6.97. The summed E-state index contributed by atoms with van der Waals surface area (Å²) in [6.07, 6.45) is -12.1. The van der Waals surface area contributed by atoms with Crippen LogP contribution in [0.25, 0.3) is 0 Å². The van der Waals surface area contributed by atoms with Gasteiger partial charge in [-0.3, -0.25) is 4.79 Å². The molecule has 0 saturated heterocycles. The fourth-order valence-electron chi connectivity index (χ4n) is 1.89. The summed E-state index contributed by atoms with van der Waals surface area (Å²) in [6.45, 7) is 0.885. The van der Waals surface area contributed by atoms with Gasteiger partial charge in [-0.05, 0) is 6.07 Å². The standard InChI is InChI=1S/C14H11F9O3/c1-7(24)26-10-5-3-2-4-8(10)9(25)6-11(15,16)12(17,18)13(19,20)14(21,22)23/h2-5,9,25H,6H2,1H3. The third-order valence-electron chi connectivity index (χ3n) is 3.19. The van der Waals surface area contributed by atoms with Crippen LogP contribution in [0.1, 0.15) is 25.0 Å². The van der Waals surface area contributed by atoms with E-state index in [1.807, 2.05) is 0 Å². The molecule has 0 amide bonds. The first-order valence-corrected chi connectivity index (χ1v) is 6.70. The summed E-state index contributed by atoms with van der Waals surface area (Å²) in [5.41, 5.74) is -0.673. The van der Waals surface area contributed by atoms with Gasteiger partial charge in [-0.15, -0.1) is 0 Å². The van der Waals surface area contributed by atoms with E-state index in [0.717, 1.165) is 25.1 Å². The fourth-order valence-corrected chi connectivity index (χ4v) is 1.89. The lowest BCUT2D eigenvalue weighted by Gasteiger charge is -2.34. The number of para-hydroxylation sites is 1. The molecular formula is C14H11F9O3. The van der Waals surface area contributed by atoms with Crippen LogP contribution in [0.2, 0.25) is 0 Å². The first-order chi connectivity index (χ1) is 11.5. The van der Waals surface area contributed by atoms with Gasteiger partial charge in [0.05, 0.1) is 6.10 Å². The molecule has 0 aliphatic carbocycles. The molecular weight excluding hydrogens is 387 g/mol. The second-order valence-electron chi connectivity index (χ2n) is 5.20. The number of hydrogen-bond acceptors (Lipinski definition) is 3. The predicted molar refractivity (Wildman–Crippen MR) is 68.2 cm³/mol. The predicted octanol–water partition coefficient (Wildman–Crippen LogP) is 4.50. The molecule has 1 N–H and O–H groups in total. The topological polar surface area (TPSA) is 46.5 Å². The Morgan fingerprint density at radius 2 is 1.50 bits per heavy atom. The number of carbonyl (C=O) groups is 1. The van der Waals surface area contributed by atoms with Crippen LogP contribution < -0.4 is 4.74 Å². The number of aliphatic hydroxyl groups is 1. The van der Waals surface area contributed by atoms with E-state index in [4.69, 9.17) is 0 Å². The number of benzene rings is 1. The maximum absolute atomic E-state index is 13.6. The second-order valence-corrected chi connectivity index (χ2v) is 5.20. The summed E-state index contributed by atoms with van der Waals surface area (Å²) < 4.78 is 120. The normalized spacial score (nSPS) is 14.9. The van der Waals surface area contributed by atoms with E-state index in [0.29, 0.717) is 0 Å². The van der Waals surface area contributed by atoms with Crippen molar-refractivity contribution in [2.45, 2.75) is 43.4 Å². The molecule has 1 unspecified atom stereocenters. The minimum atomic E-state index is -7.04. The highest BCUT2D eigenvalue weighted by atomic mass is 19.4. The molecule has 1 aromatic carbocycles. The Hall–Kier alpha value is -1.98. The number of alkyl halides is 9. The molecule has 26 heavy (non-hydrogen) atoms. The average Bonchev–Trinajstić information content (AvgIpc) is 2.44. The number of halogens is 9. The van der Waals surface area contributed by atoms with Crippen molar-refractivity contribution >= 4 is 5.97 Å². The minimum Gasteiger partial charge on any atom is -0.426 e. The van der Waals surface area contributed by atoms with E-state index in [9.17, 15) is 49.4 Å². The smallest absolute Gasteiger partial charge is 0.426 e. The first kappa shape index (κ1) is 22.1. The third kappa shape index (κ3) is 4.05. The van der Waals surface area contributed by atoms with Gasteiger partial charge >= 0.3 is 29.9 Å². The molecule has 0 aliphatic rings. The Kier molecular flexibility index (Phi) is 5.91. The number of ether oxygens (including phenoxy) is 1. The Balaban J connectivity index is 3.19. The SMILES string of the molecule is CC(=O)Oc1ccccc1C(O)CC(F)(F)C(F)(F)C(F)(F)C(F)(F)F. The van der Waals surface area contributed by atoms with Crippen molar-refractivity contribution in [1.82, 2.24) is 0 Å². The summed E-state index contributed by atoms with van der Waals surface area (Å²) in [5.74, 6) is -21.4. The van der Waals surface area contributed by atoms with E-state index in [1.165, 1.54) is 6.07 Å². The van der Waals surface area contributed by atoms with Gasteiger partial charge in [-0.25, -0.2) is 0 Å². The molecule has 0 heterocycles. The van der Waals surface area contributed by atoms with Crippen LogP contribution >= 0.6 is 0 Å². The van der Waals surface area contributed by atoms with Gasteiger partial charge in [0, 0.05) is 18.9 Å². The molecule has 3 nitrogen and oxygen atoms in total. The zero-order valence-electron chi connectivity index (χ0n) is 12.8. The molecule has 1 aromatic rings. The van der Waals surface area contributed by atoms with Crippen LogP contribution in [0.3, 0.4) is 0 Å². The van der Waals surface area contributed by atoms with Gasteiger partial charge in [0.1, 0.15) is 5.75 Å². The van der Waals surface area contributed by atoms with Crippen molar-refractivity contribution in [1.29, 1.82) is 0 Å². The molecule has 0 aliphatic heterocycles. The Bertz CT molecular complexity index is 655. The summed E-state index contributed by atoms with van der Waals surface area (Å²) in [4.78, 5) is 10.9. The van der Waals surface area contributed by atoms with Gasteiger partial charge in [0.2, 0.25) is 0 Å². The number of carbonyl (C=O) groups excluding carboxylic acids is 1. The maximum atomic E-state index is 13.6. The van der Waals surface area contributed by atoms with Crippen LogP contribution in [0.15, 0.2) is 24.3 Å². The van der Waals surface area contributed by atoms with Crippen LogP contribution in [-0.2, 0) is 4.79 Å². The average molecular weight is 398 g/mol. The molecule has 0 aromatic heterocycles. The lowest BCUT2D eigenvalue weighted by molar-refractivity contribution is -0.398. The van der Waals surface area contributed by atoms with E-state index in [-0.39, 0.29) is 0 Å². The fraction of sp³-hybridized carbons (Fsp3) is 0.500. The molecule has 0 fully saturated rings. The Labute approximate surface area is 140 Å². The maximum Gasteiger partial charge on any atom is 0.460 e. The number of hydrogen-bond donors (Lipinski definition) is 1.